The number of thioether (sulfide) groups is 1. The highest BCUT2D eigenvalue weighted by molar-refractivity contribution is 7.98. The lowest BCUT2D eigenvalue weighted by Gasteiger charge is -2.07. The monoisotopic (exact) mass is 295 g/mol. The number of halogens is 1. The standard InChI is InChI=1S/C14H18FN3OS/c1-3-16-10(2)8-14-17-13(18-19-14)9-20-12-6-4-11(15)5-7-12/h4-7,10,16H,3,8-9H2,1-2H3. The molecule has 1 aromatic heterocycles. The number of hydrogen-bond acceptors (Lipinski definition) is 5. The van der Waals surface area contributed by atoms with Crippen molar-refractivity contribution in [1.29, 1.82) is 0 Å². The van der Waals surface area contributed by atoms with E-state index in [1.165, 1.54) is 12.1 Å². The Kier molecular flexibility index (Phi) is 5.55. The van der Waals surface area contributed by atoms with Crippen LogP contribution in [0.4, 0.5) is 4.39 Å². The van der Waals surface area contributed by atoms with Gasteiger partial charge < -0.3 is 9.84 Å². The molecule has 0 radical (unpaired) electrons. The van der Waals surface area contributed by atoms with E-state index in [-0.39, 0.29) is 5.82 Å². The molecule has 108 valence electrons. The van der Waals surface area contributed by atoms with Gasteiger partial charge in [-0.25, -0.2) is 4.39 Å². The molecule has 20 heavy (non-hydrogen) atoms. The molecular weight excluding hydrogens is 277 g/mol. The molecule has 0 aliphatic carbocycles. The minimum Gasteiger partial charge on any atom is -0.339 e. The Bertz CT molecular complexity index is 529. The first-order valence-electron chi connectivity index (χ1n) is 6.60. The fourth-order valence-electron chi connectivity index (χ4n) is 1.79. The van der Waals surface area contributed by atoms with Gasteiger partial charge in [-0.15, -0.1) is 11.8 Å². The lowest BCUT2D eigenvalue weighted by Crippen LogP contribution is -2.27. The summed E-state index contributed by atoms with van der Waals surface area (Å²) in [4.78, 5) is 5.34. The summed E-state index contributed by atoms with van der Waals surface area (Å²) < 4.78 is 18.0. The van der Waals surface area contributed by atoms with E-state index < -0.39 is 0 Å². The largest absolute Gasteiger partial charge is 0.339 e. The molecule has 1 atom stereocenters. The summed E-state index contributed by atoms with van der Waals surface area (Å²) in [5.74, 6) is 1.70. The summed E-state index contributed by atoms with van der Waals surface area (Å²) in [6.45, 7) is 5.07. The van der Waals surface area contributed by atoms with Gasteiger partial charge in [0.15, 0.2) is 5.82 Å². The average molecular weight is 295 g/mol. The number of rotatable bonds is 7. The molecule has 0 bridgehead atoms. The SMILES string of the molecule is CCNC(C)Cc1nc(CSc2ccc(F)cc2)no1. The lowest BCUT2D eigenvalue weighted by atomic mass is 10.2. The number of nitrogens with zero attached hydrogens (tertiary/aromatic N) is 2. The van der Waals surface area contributed by atoms with Gasteiger partial charge in [-0.05, 0) is 37.7 Å². The molecule has 0 aliphatic rings. The molecule has 2 aromatic rings. The first kappa shape index (κ1) is 15.0. The molecule has 4 nitrogen and oxygen atoms in total. The number of hydrogen-bond donors (Lipinski definition) is 1. The molecule has 1 N–H and O–H groups in total. The second kappa shape index (κ2) is 7.40. The third-order valence-corrected chi connectivity index (χ3v) is 3.73. The minimum atomic E-state index is -0.228. The van der Waals surface area contributed by atoms with Crippen LogP contribution in [0.2, 0.25) is 0 Å². The molecule has 0 saturated carbocycles. The van der Waals surface area contributed by atoms with E-state index in [1.807, 2.05) is 0 Å². The predicted octanol–water partition coefficient (Wildman–Crippen LogP) is 3.04. The molecular formula is C14H18FN3OS. The maximum Gasteiger partial charge on any atom is 0.228 e. The van der Waals surface area contributed by atoms with Gasteiger partial charge in [0.1, 0.15) is 5.82 Å². The van der Waals surface area contributed by atoms with Crippen LogP contribution in [-0.2, 0) is 12.2 Å². The van der Waals surface area contributed by atoms with Gasteiger partial charge in [0.2, 0.25) is 5.89 Å². The second-order valence-electron chi connectivity index (χ2n) is 4.51. The molecule has 1 unspecified atom stereocenters. The quantitative estimate of drug-likeness (QED) is 0.796. The van der Waals surface area contributed by atoms with Gasteiger partial charge in [0, 0.05) is 17.4 Å². The maximum atomic E-state index is 12.8. The second-order valence-corrected chi connectivity index (χ2v) is 5.56. The van der Waals surface area contributed by atoms with Gasteiger partial charge >= 0.3 is 0 Å². The summed E-state index contributed by atoms with van der Waals surface area (Å²) in [5.41, 5.74) is 0. The maximum absolute atomic E-state index is 12.8. The highest BCUT2D eigenvalue weighted by Gasteiger charge is 2.10. The lowest BCUT2D eigenvalue weighted by molar-refractivity contribution is 0.359. The highest BCUT2D eigenvalue weighted by Crippen LogP contribution is 2.21. The van der Waals surface area contributed by atoms with Crippen LogP contribution in [0.5, 0.6) is 0 Å². The van der Waals surface area contributed by atoms with Crippen molar-refractivity contribution in [3.8, 4) is 0 Å². The van der Waals surface area contributed by atoms with E-state index in [1.54, 1.807) is 23.9 Å². The topological polar surface area (TPSA) is 51.0 Å². The van der Waals surface area contributed by atoms with E-state index in [4.69, 9.17) is 4.52 Å². The van der Waals surface area contributed by atoms with Crippen LogP contribution in [0.15, 0.2) is 33.7 Å². The van der Waals surface area contributed by atoms with Crippen LogP contribution in [0.1, 0.15) is 25.6 Å². The fraction of sp³-hybridized carbons (Fsp3) is 0.429. The molecule has 0 aliphatic heterocycles. The normalized spacial score (nSPS) is 12.6. The van der Waals surface area contributed by atoms with Crippen LogP contribution in [0.3, 0.4) is 0 Å². The first-order chi connectivity index (χ1) is 9.67. The van der Waals surface area contributed by atoms with Crippen LogP contribution < -0.4 is 5.32 Å². The van der Waals surface area contributed by atoms with Crippen LogP contribution >= 0.6 is 11.8 Å². The van der Waals surface area contributed by atoms with Crippen molar-refractivity contribution in [2.24, 2.45) is 0 Å². The highest BCUT2D eigenvalue weighted by atomic mass is 32.2. The Morgan fingerprint density at radius 1 is 1.35 bits per heavy atom. The molecule has 0 spiro atoms. The smallest absolute Gasteiger partial charge is 0.228 e. The van der Waals surface area contributed by atoms with Gasteiger partial charge in [-0.3, -0.25) is 0 Å². The summed E-state index contributed by atoms with van der Waals surface area (Å²) >= 11 is 1.56. The van der Waals surface area contributed by atoms with Gasteiger partial charge in [-0.2, -0.15) is 4.98 Å². The van der Waals surface area contributed by atoms with E-state index >= 15 is 0 Å². The Labute approximate surface area is 122 Å². The fourth-order valence-corrected chi connectivity index (χ4v) is 2.53. The summed E-state index contributed by atoms with van der Waals surface area (Å²) in [7, 11) is 0. The van der Waals surface area contributed by atoms with Crippen molar-refractivity contribution in [2.45, 2.75) is 37.0 Å². The van der Waals surface area contributed by atoms with Crippen molar-refractivity contribution in [3.05, 3.63) is 41.8 Å². The summed E-state index contributed by atoms with van der Waals surface area (Å²) in [6, 6.07) is 6.70. The Balaban J connectivity index is 1.85. The predicted molar refractivity (Wildman–Crippen MR) is 77.1 cm³/mol. The number of nitrogens with one attached hydrogen (secondary N) is 1. The van der Waals surface area contributed by atoms with E-state index in [9.17, 15) is 4.39 Å². The van der Waals surface area contributed by atoms with Crippen LogP contribution in [0, 0.1) is 5.82 Å². The van der Waals surface area contributed by atoms with Crippen molar-refractivity contribution in [1.82, 2.24) is 15.5 Å². The Hall–Kier alpha value is -1.40. The van der Waals surface area contributed by atoms with Crippen LogP contribution in [-0.4, -0.2) is 22.7 Å². The van der Waals surface area contributed by atoms with Crippen molar-refractivity contribution in [2.75, 3.05) is 6.54 Å². The van der Waals surface area contributed by atoms with Gasteiger partial charge in [0.05, 0.1) is 5.75 Å². The van der Waals surface area contributed by atoms with Gasteiger partial charge in [-0.1, -0.05) is 12.1 Å². The van der Waals surface area contributed by atoms with Crippen molar-refractivity contribution >= 4 is 11.8 Å². The molecule has 0 amide bonds. The zero-order valence-corrected chi connectivity index (χ0v) is 12.4. The van der Waals surface area contributed by atoms with E-state index in [2.05, 4.69) is 29.3 Å². The number of likely N-dealkylation sites (N-methyl/N-ethyl adjacent to an activating group) is 1. The zero-order valence-electron chi connectivity index (χ0n) is 11.6. The van der Waals surface area contributed by atoms with Crippen molar-refractivity contribution in [3.63, 3.8) is 0 Å². The molecule has 1 heterocycles. The van der Waals surface area contributed by atoms with Gasteiger partial charge in [0.25, 0.3) is 0 Å². The van der Waals surface area contributed by atoms with E-state index in [0.717, 1.165) is 17.9 Å². The number of aromatic nitrogens is 2. The molecule has 2 rings (SSSR count). The number of benzene rings is 1. The molecule has 1 aromatic carbocycles. The first-order valence-corrected chi connectivity index (χ1v) is 7.59. The zero-order chi connectivity index (χ0) is 14.4. The minimum absolute atomic E-state index is 0.228. The molecule has 6 heteroatoms. The third kappa shape index (κ3) is 4.61. The summed E-state index contributed by atoms with van der Waals surface area (Å²) in [5, 5.41) is 7.25. The summed E-state index contributed by atoms with van der Waals surface area (Å²) in [6.07, 6.45) is 0.724. The Morgan fingerprint density at radius 2 is 2.10 bits per heavy atom. The average Bonchev–Trinajstić information content (AvgIpc) is 2.86. The molecule has 0 fully saturated rings. The van der Waals surface area contributed by atoms with Crippen LogP contribution in [0.25, 0.3) is 0 Å². The molecule has 0 saturated heterocycles. The van der Waals surface area contributed by atoms with Crippen molar-refractivity contribution < 1.29 is 8.91 Å². The van der Waals surface area contributed by atoms with E-state index in [0.29, 0.717) is 23.5 Å². The Morgan fingerprint density at radius 3 is 2.80 bits per heavy atom. The third-order valence-electron chi connectivity index (χ3n) is 2.73.